The van der Waals surface area contributed by atoms with Crippen LogP contribution in [0.3, 0.4) is 0 Å². The fourth-order valence-electron chi connectivity index (χ4n) is 3.65. The van der Waals surface area contributed by atoms with Gasteiger partial charge in [-0.05, 0) is 28.6 Å². The van der Waals surface area contributed by atoms with Crippen molar-refractivity contribution >= 4 is 34.6 Å². The molecule has 0 radical (unpaired) electrons. The molecule has 0 spiro atoms. The number of aliphatic hydroxyl groups excluding tert-OH is 2. The van der Waals surface area contributed by atoms with Gasteiger partial charge in [-0.1, -0.05) is 91.0 Å². The van der Waals surface area contributed by atoms with Crippen molar-refractivity contribution in [2.24, 2.45) is 0 Å². The summed E-state index contributed by atoms with van der Waals surface area (Å²) >= 11 is 0. The Morgan fingerprint density at radius 2 is 1.23 bits per heavy atom. The van der Waals surface area contributed by atoms with Gasteiger partial charge >= 0.3 is 5.97 Å². The van der Waals surface area contributed by atoms with Crippen LogP contribution in [0, 0.1) is 0 Å². The van der Waals surface area contributed by atoms with Gasteiger partial charge in [0.25, 0.3) is 0 Å². The zero-order valence-electron chi connectivity index (χ0n) is 17.0. The van der Waals surface area contributed by atoms with Crippen LogP contribution in [0.5, 0.6) is 0 Å². The zero-order valence-corrected chi connectivity index (χ0v) is 17.9. The van der Waals surface area contributed by atoms with Crippen LogP contribution >= 0.6 is 6.89 Å². The number of hydrogen-bond donors (Lipinski definition) is 2. The van der Waals surface area contributed by atoms with Crippen molar-refractivity contribution < 1.29 is 19.7 Å². The molecular formula is C25H27O4P. The Hall–Kier alpha value is -2.65. The zero-order chi connectivity index (χ0) is 21.4. The lowest BCUT2D eigenvalue weighted by molar-refractivity contribution is -0.143. The van der Waals surface area contributed by atoms with Crippen molar-refractivity contribution in [3.8, 4) is 0 Å². The van der Waals surface area contributed by atoms with Crippen LogP contribution in [0.1, 0.15) is 12.8 Å². The summed E-state index contributed by atoms with van der Waals surface area (Å²) < 4.78 is 4.63. The molecule has 3 aromatic rings. The van der Waals surface area contributed by atoms with Gasteiger partial charge in [-0.25, -0.2) is 0 Å². The fraction of sp³-hybridized carbons (Fsp3) is 0.200. The molecule has 2 N–H and O–H groups in total. The average Bonchev–Trinajstić information content (AvgIpc) is 2.79. The number of carbonyl (C=O) groups is 1. The largest absolute Gasteiger partial charge is 0.469 e. The SMILES string of the molecule is COC(=O)C[C@H](O)C[C@H](O)C=P(c1ccccc1)(c1ccccc1)c1ccccc1. The molecule has 5 heteroatoms. The van der Waals surface area contributed by atoms with Crippen LogP contribution < -0.4 is 15.9 Å². The first-order chi connectivity index (χ1) is 14.6. The van der Waals surface area contributed by atoms with E-state index >= 15 is 0 Å². The molecule has 4 nitrogen and oxygen atoms in total. The summed E-state index contributed by atoms with van der Waals surface area (Å²) in [6.45, 7) is -2.31. The fourth-order valence-corrected chi connectivity index (χ4v) is 7.63. The summed E-state index contributed by atoms with van der Waals surface area (Å²) in [5, 5.41) is 24.6. The maximum Gasteiger partial charge on any atom is 0.308 e. The minimum atomic E-state index is -2.31. The Balaban J connectivity index is 2.16. The Kier molecular flexibility index (Phi) is 7.64. The lowest BCUT2D eigenvalue weighted by atomic mass is 10.1. The van der Waals surface area contributed by atoms with E-state index in [1.165, 1.54) is 7.11 Å². The highest BCUT2D eigenvalue weighted by atomic mass is 31.2. The van der Waals surface area contributed by atoms with E-state index in [4.69, 9.17) is 0 Å². The number of hydrogen-bond acceptors (Lipinski definition) is 4. The van der Waals surface area contributed by atoms with E-state index in [-0.39, 0.29) is 12.8 Å². The van der Waals surface area contributed by atoms with Crippen LogP contribution in [0.15, 0.2) is 91.0 Å². The first-order valence-corrected chi connectivity index (χ1v) is 11.8. The highest BCUT2D eigenvalue weighted by Crippen LogP contribution is 2.44. The van der Waals surface area contributed by atoms with E-state index in [0.29, 0.717) is 0 Å². The first kappa shape index (κ1) is 22.0. The van der Waals surface area contributed by atoms with Crippen molar-refractivity contribution in [2.75, 3.05) is 7.11 Å². The standard InChI is InChI=1S/C25H27O4P/c1-29-25(28)18-20(26)17-21(27)19-30(22-11-5-2-6-12-22,23-13-7-3-8-14-23)24-15-9-4-10-16-24/h2-16,19-21,26-27H,17-18H2,1H3/t20-,21+/m1/s1. The number of carbonyl (C=O) groups excluding carboxylic acids is 1. The highest BCUT2D eigenvalue weighted by Gasteiger charge is 2.27. The minimum absolute atomic E-state index is 0.0589. The lowest BCUT2D eigenvalue weighted by Crippen LogP contribution is -2.31. The summed E-state index contributed by atoms with van der Waals surface area (Å²) in [7, 11) is 1.29. The number of aliphatic hydroxyl groups is 2. The predicted octanol–water partition coefficient (Wildman–Crippen LogP) is 2.46. The third-order valence-electron chi connectivity index (χ3n) is 5.03. The van der Waals surface area contributed by atoms with Gasteiger partial charge in [0.2, 0.25) is 0 Å². The van der Waals surface area contributed by atoms with Crippen molar-refractivity contribution in [3.63, 3.8) is 0 Å². The molecule has 0 unspecified atom stereocenters. The Morgan fingerprint density at radius 3 is 1.60 bits per heavy atom. The van der Waals surface area contributed by atoms with Crippen LogP contribution in [0.4, 0.5) is 0 Å². The second kappa shape index (κ2) is 10.4. The van der Waals surface area contributed by atoms with Crippen LogP contribution in [-0.2, 0) is 9.53 Å². The lowest BCUT2D eigenvalue weighted by Gasteiger charge is -2.30. The van der Waals surface area contributed by atoms with E-state index in [9.17, 15) is 15.0 Å². The molecule has 3 aromatic carbocycles. The number of benzene rings is 3. The molecule has 30 heavy (non-hydrogen) atoms. The molecule has 0 heterocycles. The molecule has 0 aliphatic rings. The molecule has 156 valence electrons. The van der Waals surface area contributed by atoms with E-state index in [2.05, 4.69) is 41.1 Å². The number of methoxy groups -OCH3 is 1. The monoisotopic (exact) mass is 422 g/mol. The van der Waals surface area contributed by atoms with Gasteiger partial charge in [0, 0.05) is 6.42 Å². The average molecular weight is 422 g/mol. The Labute approximate surface area is 177 Å². The maximum absolute atomic E-state index is 11.5. The molecule has 0 bridgehead atoms. The van der Waals surface area contributed by atoms with Gasteiger partial charge in [0.05, 0.1) is 25.7 Å². The predicted molar refractivity (Wildman–Crippen MR) is 124 cm³/mol. The van der Waals surface area contributed by atoms with E-state index < -0.39 is 25.1 Å². The Morgan fingerprint density at radius 1 is 0.833 bits per heavy atom. The summed E-state index contributed by atoms with van der Waals surface area (Å²) in [6.07, 6.45) is -1.97. The molecule has 0 aromatic heterocycles. The normalized spacial score (nSPS) is 13.3. The molecule has 0 saturated heterocycles. The second-order valence-corrected chi connectivity index (χ2v) is 10.4. The molecule has 0 amide bonds. The molecule has 0 aliphatic carbocycles. The van der Waals surface area contributed by atoms with Crippen LogP contribution in [0.2, 0.25) is 0 Å². The van der Waals surface area contributed by atoms with E-state index in [1.54, 1.807) is 0 Å². The summed E-state index contributed by atoms with van der Waals surface area (Å²) in [6, 6.07) is 30.5. The Bertz CT molecular complexity index is 884. The topological polar surface area (TPSA) is 66.8 Å². The molecule has 0 fully saturated rings. The number of rotatable bonds is 8. The number of ether oxygens (including phenoxy) is 1. The third-order valence-corrected chi connectivity index (χ3v) is 9.16. The number of esters is 1. The van der Waals surface area contributed by atoms with Crippen molar-refractivity contribution in [3.05, 3.63) is 91.0 Å². The summed E-state index contributed by atoms with van der Waals surface area (Å²) in [4.78, 5) is 11.5. The van der Waals surface area contributed by atoms with E-state index in [1.807, 2.05) is 60.4 Å². The molecule has 3 rings (SSSR count). The van der Waals surface area contributed by atoms with Gasteiger partial charge in [-0.3, -0.25) is 4.79 Å². The highest BCUT2D eigenvalue weighted by molar-refractivity contribution is 7.94. The van der Waals surface area contributed by atoms with Gasteiger partial charge < -0.3 is 14.9 Å². The molecule has 0 aliphatic heterocycles. The quantitative estimate of drug-likeness (QED) is 0.432. The minimum Gasteiger partial charge on any atom is -0.469 e. The molecule has 0 saturated carbocycles. The van der Waals surface area contributed by atoms with Gasteiger partial charge in [-0.15, -0.1) is 0 Å². The van der Waals surface area contributed by atoms with Crippen LogP contribution in [0.25, 0.3) is 0 Å². The first-order valence-electron chi connectivity index (χ1n) is 9.91. The second-order valence-electron chi connectivity index (χ2n) is 7.12. The van der Waals surface area contributed by atoms with Crippen molar-refractivity contribution in [2.45, 2.75) is 25.0 Å². The smallest absolute Gasteiger partial charge is 0.308 e. The van der Waals surface area contributed by atoms with Crippen molar-refractivity contribution in [1.82, 2.24) is 0 Å². The molecular weight excluding hydrogens is 395 g/mol. The van der Waals surface area contributed by atoms with Crippen molar-refractivity contribution in [1.29, 1.82) is 0 Å². The van der Waals surface area contributed by atoms with Gasteiger partial charge in [0.15, 0.2) is 0 Å². The van der Waals surface area contributed by atoms with Crippen LogP contribution in [-0.4, -0.2) is 41.3 Å². The van der Waals surface area contributed by atoms with Gasteiger partial charge in [0.1, 0.15) is 0 Å². The van der Waals surface area contributed by atoms with E-state index in [0.717, 1.165) is 15.9 Å². The summed E-state index contributed by atoms with van der Waals surface area (Å²) in [5.41, 5.74) is 0. The molecule has 2 atom stereocenters. The maximum atomic E-state index is 11.5. The summed E-state index contributed by atoms with van der Waals surface area (Å²) in [5.74, 6) is 1.47. The third kappa shape index (κ3) is 5.09. The van der Waals surface area contributed by atoms with Gasteiger partial charge in [-0.2, -0.15) is 0 Å².